The van der Waals surface area contributed by atoms with Gasteiger partial charge in [0.2, 0.25) is 0 Å². The summed E-state index contributed by atoms with van der Waals surface area (Å²) in [5.74, 6) is -0.418. The van der Waals surface area contributed by atoms with Gasteiger partial charge in [0.15, 0.2) is 0 Å². The molecule has 1 N–H and O–H groups in total. The van der Waals surface area contributed by atoms with E-state index in [4.69, 9.17) is 4.74 Å². The Labute approximate surface area is 197 Å². The number of aromatic nitrogens is 1. The molecule has 7 heteroatoms. The molecule has 1 unspecified atom stereocenters. The fourth-order valence-electron chi connectivity index (χ4n) is 4.84. The van der Waals surface area contributed by atoms with Gasteiger partial charge in [-0.1, -0.05) is 12.1 Å². The average Bonchev–Trinajstić information content (AvgIpc) is 3.54. The van der Waals surface area contributed by atoms with Crippen molar-refractivity contribution in [3.05, 3.63) is 69.3 Å². The number of hydrogen-bond acceptors (Lipinski definition) is 4. The maximum Gasteiger partial charge on any atom is 0.411 e. The highest BCUT2D eigenvalue weighted by atomic mass is 19.1. The van der Waals surface area contributed by atoms with E-state index in [1.54, 1.807) is 15.5 Å². The van der Waals surface area contributed by atoms with E-state index in [1.807, 2.05) is 45.9 Å². The molecule has 1 aromatic heterocycles. The van der Waals surface area contributed by atoms with Gasteiger partial charge in [0.05, 0.1) is 18.2 Å². The monoisotopic (exact) mass is 464 g/mol. The van der Waals surface area contributed by atoms with E-state index in [9.17, 15) is 14.7 Å². The Hall–Kier alpha value is -3.19. The molecule has 2 heterocycles. The number of carbonyl (C=O) groups is 1. The lowest BCUT2D eigenvalue weighted by molar-refractivity contribution is 0.0187. The number of rotatable bonds is 3. The van der Waals surface area contributed by atoms with E-state index >= 15 is 4.39 Å². The molecule has 178 valence electrons. The fourth-order valence-corrected chi connectivity index (χ4v) is 4.84. The van der Waals surface area contributed by atoms with Gasteiger partial charge in [0.25, 0.3) is 5.56 Å². The lowest BCUT2D eigenvalue weighted by atomic mass is 9.96. The first-order valence-corrected chi connectivity index (χ1v) is 11.7. The first-order chi connectivity index (χ1) is 16.1. The minimum absolute atomic E-state index is 0.115. The Morgan fingerprint density at radius 1 is 1.18 bits per heavy atom. The first-order valence-electron chi connectivity index (χ1n) is 11.7. The fraction of sp³-hybridized carbons (Fsp3) is 0.407. The molecule has 34 heavy (non-hydrogen) atoms. The highest BCUT2D eigenvalue weighted by Crippen LogP contribution is 2.40. The molecule has 3 aromatic rings. The molecule has 2 aliphatic rings. The summed E-state index contributed by atoms with van der Waals surface area (Å²) in [7, 11) is 0. The van der Waals surface area contributed by atoms with Crippen LogP contribution in [0, 0.1) is 5.82 Å². The van der Waals surface area contributed by atoms with Crippen molar-refractivity contribution in [3.63, 3.8) is 0 Å². The van der Waals surface area contributed by atoms with Crippen molar-refractivity contribution in [2.24, 2.45) is 0 Å². The van der Waals surface area contributed by atoms with Crippen LogP contribution in [0.25, 0.3) is 22.0 Å². The van der Waals surface area contributed by atoms with Gasteiger partial charge in [-0.3, -0.25) is 9.69 Å². The zero-order valence-corrected chi connectivity index (χ0v) is 19.9. The lowest BCUT2D eigenvalue weighted by Crippen LogP contribution is -2.34. The third-order valence-electron chi connectivity index (χ3n) is 6.65. The van der Waals surface area contributed by atoms with Crippen molar-refractivity contribution in [1.82, 2.24) is 9.47 Å². The maximum absolute atomic E-state index is 15.3. The Morgan fingerprint density at radius 2 is 1.91 bits per heavy atom. The van der Waals surface area contributed by atoms with Crippen LogP contribution in [-0.2, 0) is 17.9 Å². The van der Waals surface area contributed by atoms with Crippen LogP contribution in [0.3, 0.4) is 0 Å². The van der Waals surface area contributed by atoms with Crippen LogP contribution >= 0.6 is 0 Å². The number of benzene rings is 2. The van der Waals surface area contributed by atoms with Gasteiger partial charge in [0, 0.05) is 29.6 Å². The molecule has 1 atom stereocenters. The molecule has 0 radical (unpaired) electrons. The second-order valence-electron chi connectivity index (χ2n) is 10.3. The highest BCUT2D eigenvalue weighted by Gasteiger charge is 2.34. The second kappa shape index (κ2) is 7.94. The molecule has 0 spiro atoms. The zero-order chi connectivity index (χ0) is 24.4. The van der Waals surface area contributed by atoms with Crippen molar-refractivity contribution < 1.29 is 19.0 Å². The number of ether oxygens (including phenoxy) is 1. The van der Waals surface area contributed by atoms with Gasteiger partial charge in [-0.05, 0) is 81.0 Å². The molecule has 1 fully saturated rings. The Balaban J connectivity index is 1.57. The lowest BCUT2D eigenvalue weighted by Gasteiger charge is -2.27. The molecule has 0 bridgehead atoms. The minimum Gasteiger partial charge on any atom is -0.444 e. The summed E-state index contributed by atoms with van der Waals surface area (Å²) in [6.45, 7) is 7.52. The number of carbonyl (C=O) groups excluding carboxylic acids is 1. The van der Waals surface area contributed by atoms with Crippen molar-refractivity contribution in [3.8, 4) is 11.1 Å². The van der Waals surface area contributed by atoms with Crippen LogP contribution < -0.4 is 5.56 Å². The number of aliphatic hydroxyl groups is 1. The Kier molecular flexibility index (Phi) is 5.28. The number of pyridine rings is 1. The minimum atomic E-state index is -0.588. The molecule has 1 aliphatic carbocycles. The summed E-state index contributed by atoms with van der Waals surface area (Å²) in [5.41, 5.74) is 3.33. The second-order valence-corrected chi connectivity index (χ2v) is 10.3. The topological polar surface area (TPSA) is 71.8 Å². The van der Waals surface area contributed by atoms with Crippen LogP contribution in [0.15, 0.2) is 41.2 Å². The quantitative estimate of drug-likeness (QED) is 0.560. The molecule has 6 nitrogen and oxygen atoms in total. The van der Waals surface area contributed by atoms with Crippen LogP contribution in [-0.4, -0.2) is 26.3 Å². The smallest absolute Gasteiger partial charge is 0.411 e. The van der Waals surface area contributed by atoms with Crippen LogP contribution in [0.2, 0.25) is 0 Å². The first kappa shape index (κ1) is 22.6. The molecular weight excluding hydrogens is 435 g/mol. The maximum atomic E-state index is 15.3. The van der Waals surface area contributed by atoms with Crippen LogP contribution in [0.1, 0.15) is 69.3 Å². The van der Waals surface area contributed by atoms with Crippen LogP contribution in [0.4, 0.5) is 9.18 Å². The third kappa shape index (κ3) is 3.88. The summed E-state index contributed by atoms with van der Waals surface area (Å²) < 4.78 is 22.6. The molecule has 5 rings (SSSR count). The van der Waals surface area contributed by atoms with Gasteiger partial charge in [-0.25, -0.2) is 9.18 Å². The van der Waals surface area contributed by atoms with E-state index in [2.05, 4.69) is 0 Å². The van der Waals surface area contributed by atoms with Crippen molar-refractivity contribution in [2.45, 2.75) is 71.4 Å². The van der Waals surface area contributed by atoms with Gasteiger partial charge in [-0.15, -0.1) is 0 Å². The standard InChI is InChI=1S/C27H29FN2O4/c1-15-20-8-5-16(9-17(20)13-29(15)26(33)34-27(2,3)4)21-12-24-22(11-23(21)28)18(14-31)10-25(32)30(24)19-6-7-19/h5,8-12,15,19,31H,6-7,13-14H2,1-4H3. The summed E-state index contributed by atoms with van der Waals surface area (Å²) in [4.78, 5) is 27.1. The molecule has 1 saturated carbocycles. The van der Waals surface area contributed by atoms with E-state index in [0.717, 1.165) is 24.0 Å². The summed E-state index contributed by atoms with van der Waals surface area (Å²) in [5, 5.41) is 10.3. The molecule has 1 amide bonds. The third-order valence-corrected chi connectivity index (χ3v) is 6.65. The van der Waals surface area contributed by atoms with Gasteiger partial charge < -0.3 is 14.4 Å². The number of hydrogen-bond donors (Lipinski definition) is 1. The normalized spacial score (nSPS) is 17.8. The molecule has 1 aliphatic heterocycles. The number of halogens is 1. The summed E-state index contributed by atoms with van der Waals surface area (Å²) >= 11 is 0. The molecular formula is C27H29FN2O4. The molecule has 2 aromatic carbocycles. The van der Waals surface area contributed by atoms with Crippen molar-refractivity contribution >= 4 is 17.0 Å². The Bertz CT molecular complexity index is 1370. The number of nitrogens with zero attached hydrogens (tertiary/aromatic N) is 2. The number of fused-ring (bicyclic) bond motifs is 2. The van der Waals surface area contributed by atoms with Crippen molar-refractivity contribution in [2.75, 3.05) is 0 Å². The molecule has 0 saturated heterocycles. The number of amides is 1. The SMILES string of the molecule is CC1c2ccc(-c3cc4c(cc3F)c(CO)cc(=O)n4C3CC3)cc2CN1C(=O)OC(C)(C)C. The van der Waals surface area contributed by atoms with Crippen molar-refractivity contribution in [1.29, 1.82) is 0 Å². The predicted octanol–water partition coefficient (Wildman–Crippen LogP) is 5.45. The number of aliphatic hydroxyl groups excluding tert-OH is 1. The van der Waals surface area contributed by atoms with Crippen LogP contribution in [0.5, 0.6) is 0 Å². The Morgan fingerprint density at radius 3 is 2.56 bits per heavy atom. The van der Waals surface area contributed by atoms with Gasteiger partial charge >= 0.3 is 6.09 Å². The summed E-state index contributed by atoms with van der Waals surface area (Å²) in [6, 6.07) is 10.2. The van der Waals surface area contributed by atoms with E-state index in [1.165, 1.54) is 12.1 Å². The predicted molar refractivity (Wildman–Crippen MR) is 128 cm³/mol. The average molecular weight is 465 g/mol. The van der Waals surface area contributed by atoms with E-state index in [-0.39, 0.29) is 30.3 Å². The van der Waals surface area contributed by atoms with E-state index < -0.39 is 11.4 Å². The van der Waals surface area contributed by atoms with Gasteiger partial charge in [-0.2, -0.15) is 0 Å². The highest BCUT2D eigenvalue weighted by molar-refractivity contribution is 5.88. The largest absolute Gasteiger partial charge is 0.444 e. The zero-order valence-electron chi connectivity index (χ0n) is 19.9. The van der Waals surface area contributed by atoms with E-state index in [0.29, 0.717) is 34.1 Å². The summed E-state index contributed by atoms with van der Waals surface area (Å²) in [6.07, 6.45) is 1.45. The van der Waals surface area contributed by atoms with Gasteiger partial charge in [0.1, 0.15) is 11.4 Å².